The van der Waals surface area contributed by atoms with Crippen molar-refractivity contribution in [3.8, 4) is 0 Å². The smallest absolute Gasteiger partial charge is 0.194 e. The first kappa shape index (κ1) is 21.4. The number of aryl methyl sites for hydroxylation is 2. The van der Waals surface area contributed by atoms with Crippen LogP contribution in [0, 0.1) is 27.7 Å². The molecule has 0 spiro atoms. The SMILES string of the molecule is Cc1sc(Br)c(C)c1C1=C(c2c(C)sc(Br)c2C)C(F)(F)C(F)(F)C1(F)F. The molecule has 10 heteroatoms. The number of rotatable bonds is 2. The zero-order valence-corrected chi connectivity index (χ0v) is 19.1. The molecule has 2 aromatic heterocycles. The van der Waals surface area contributed by atoms with Crippen molar-refractivity contribution >= 4 is 65.7 Å². The summed E-state index contributed by atoms with van der Waals surface area (Å²) < 4.78 is 88.9. The molecule has 0 unspecified atom stereocenters. The highest BCUT2D eigenvalue weighted by Gasteiger charge is 2.80. The first-order valence-electron chi connectivity index (χ1n) is 7.58. The van der Waals surface area contributed by atoms with Crippen molar-refractivity contribution < 1.29 is 26.3 Å². The average Bonchev–Trinajstić information content (AvgIpc) is 2.95. The van der Waals surface area contributed by atoms with Crippen molar-refractivity contribution in [1.29, 1.82) is 0 Å². The molecule has 0 bridgehead atoms. The van der Waals surface area contributed by atoms with Crippen LogP contribution in [-0.4, -0.2) is 17.8 Å². The molecule has 2 aromatic rings. The molecule has 27 heavy (non-hydrogen) atoms. The van der Waals surface area contributed by atoms with Gasteiger partial charge in [0.15, 0.2) is 0 Å². The van der Waals surface area contributed by atoms with Crippen LogP contribution in [0.2, 0.25) is 0 Å². The van der Waals surface area contributed by atoms with Gasteiger partial charge in [-0.1, -0.05) is 0 Å². The summed E-state index contributed by atoms with van der Waals surface area (Å²) in [7, 11) is 0. The first-order valence-corrected chi connectivity index (χ1v) is 10.8. The summed E-state index contributed by atoms with van der Waals surface area (Å²) in [5, 5.41) is 0. The zero-order chi connectivity index (χ0) is 20.7. The highest BCUT2D eigenvalue weighted by atomic mass is 79.9. The van der Waals surface area contributed by atoms with Crippen LogP contribution in [0.5, 0.6) is 0 Å². The van der Waals surface area contributed by atoms with Gasteiger partial charge in [0.2, 0.25) is 0 Å². The molecule has 0 saturated heterocycles. The lowest BCUT2D eigenvalue weighted by Gasteiger charge is -2.26. The minimum absolute atomic E-state index is 0.239. The Morgan fingerprint density at radius 1 is 0.630 bits per heavy atom. The third-order valence-corrected chi connectivity index (χ3v) is 8.85. The van der Waals surface area contributed by atoms with Crippen LogP contribution >= 0.6 is 54.5 Å². The number of allylic oxidation sites excluding steroid dienone is 2. The van der Waals surface area contributed by atoms with E-state index in [0.717, 1.165) is 22.7 Å². The van der Waals surface area contributed by atoms with E-state index in [9.17, 15) is 26.3 Å². The maximum Gasteiger partial charge on any atom is 0.380 e. The summed E-state index contributed by atoms with van der Waals surface area (Å²) in [5.41, 5.74) is -2.59. The lowest BCUT2D eigenvalue weighted by molar-refractivity contribution is -0.254. The van der Waals surface area contributed by atoms with Crippen LogP contribution in [0.1, 0.15) is 32.0 Å². The Bertz CT molecular complexity index is 908. The largest absolute Gasteiger partial charge is 0.380 e. The second-order valence-electron chi connectivity index (χ2n) is 6.34. The summed E-state index contributed by atoms with van der Waals surface area (Å²) in [6, 6.07) is 0. The topological polar surface area (TPSA) is 0 Å². The van der Waals surface area contributed by atoms with Gasteiger partial charge in [-0.15, -0.1) is 22.7 Å². The van der Waals surface area contributed by atoms with Gasteiger partial charge >= 0.3 is 17.8 Å². The molecule has 0 fully saturated rings. The van der Waals surface area contributed by atoms with E-state index in [-0.39, 0.29) is 32.0 Å². The molecule has 0 atom stereocenters. The van der Waals surface area contributed by atoms with E-state index in [0.29, 0.717) is 7.57 Å². The van der Waals surface area contributed by atoms with E-state index in [1.807, 2.05) is 0 Å². The molecule has 148 valence electrons. The van der Waals surface area contributed by atoms with Crippen molar-refractivity contribution in [2.24, 2.45) is 0 Å². The molecule has 1 aliphatic rings. The quantitative estimate of drug-likeness (QED) is 0.327. The van der Waals surface area contributed by atoms with Gasteiger partial charge in [-0.3, -0.25) is 0 Å². The Morgan fingerprint density at radius 2 is 0.926 bits per heavy atom. The summed E-state index contributed by atoms with van der Waals surface area (Å²) in [4.78, 5) is 0.536. The van der Waals surface area contributed by atoms with Crippen LogP contribution in [0.15, 0.2) is 7.57 Å². The third kappa shape index (κ3) is 2.65. The van der Waals surface area contributed by atoms with Crippen LogP contribution in [0.25, 0.3) is 11.1 Å². The van der Waals surface area contributed by atoms with Crippen molar-refractivity contribution in [3.05, 3.63) is 39.6 Å². The maximum absolute atomic E-state index is 14.8. The van der Waals surface area contributed by atoms with Gasteiger partial charge < -0.3 is 0 Å². The van der Waals surface area contributed by atoms with Gasteiger partial charge in [-0.2, -0.15) is 26.3 Å². The fraction of sp³-hybridized carbons (Fsp3) is 0.412. The summed E-state index contributed by atoms with van der Waals surface area (Å²) >= 11 is 8.47. The van der Waals surface area contributed by atoms with E-state index in [1.54, 1.807) is 0 Å². The molecule has 3 rings (SSSR count). The molecule has 0 aliphatic heterocycles. The van der Waals surface area contributed by atoms with Crippen LogP contribution in [0.4, 0.5) is 26.3 Å². The molecule has 0 radical (unpaired) electrons. The Kier molecular flexibility index (Phi) is 5.02. The number of hydrogen-bond acceptors (Lipinski definition) is 2. The maximum atomic E-state index is 14.8. The summed E-state index contributed by atoms with van der Waals surface area (Å²) in [5.74, 6) is -15.6. The lowest BCUT2D eigenvalue weighted by atomic mass is 9.92. The number of halogens is 8. The second-order valence-corrected chi connectivity index (χ2v) is 11.4. The van der Waals surface area contributed by atoms with Gasteiger partial charge in [0.1, 0.15) is 0 Å². The monoisotopic (exact) mass is 552 g/mol. The van der Waals surface area contributed by atoms with Gasteiger partial charge in [0.25, 0.3) is 0 Å². The fourth-order valence-electron chi connectivity index (χ4n) is 3.36. The molecule has 1 aliphatic carbocycles. The minimum Gasteiger partial charge on any atom is -0.194 e. The molecule has 0 N–H and O–H groups in total. The van der Waals surface area contributed by atoms with Crippen LogP contribution < -0.4 is 0 Å². The Morgan fingerprint density at radius 3 is 1.15 bits per heavy atom. The van der Waals surface area contributed by atoms with Crippen LogP contribution in [0.3, 0.4) is 0 Å². The van der Waals surface area contributed by atoms with E-state index in [1.165, 1.54) is 27.7 Å². The Labute approximate surface area is 176 Å². The molecule has 0 saturated carbocycles. The molecule has 2 heterocycles. The molecular formula is C17H12Br2F6S2. The van der Waals surface area contributed by atoms with Crippen molar-refractivity contribution in [2.45, 2.75) is 45.5 Å². The highest BCUT2D eigenvalue weighted by molar-refractivity contribution is 9.11. The van der Waals surface area contributed by atoms with Crippen molar-refractivity contribution in [3.63, 3.8) is 0 Å². The van der Waals surface area contributed by atoms with E-state index >= 15 is 0 Å². The Balaban J connectivity index is 2.55. The minimum atomic E-state index is -5.54. The van der Waals surface area contributed by atoms with Crippen molar-refractivity contribution in [2.75, 3.05) is 0 Å². The van der Waals surface area contributed by atoms with E-state index in [4.69, 9.17) is 0 Å². The molecule has 0 nitrogen and oxygen atoms in total. The molecular weight excluding hydrogens is 542 g/mol. The summed E-state index contributed by atoms with van der Waals surface area (Å²) in [6.45, 7) is 5.80. The van der Waals surface area contributed by atoms with Crippen LogP contribution in [-0.2, 0) is 0 Å². The number of alkyl halides is 6. The zero-order valence-electron chi connectivity index (χ0n) is 14.3. The molecule has 0 amide bonds. The summed E-state index contributed by atoms with van der Waals surface area (Å²) in [6.07, 6.45) is 0. The van der Waals surface area contributed by atoms with E-state index in [2.05, 4.69) is 31.9 Å². The van der Waals surface area contributed by atoms with E-state index < -0.39 is 28.9 Å². The normalized spacial score (nSPS) is 20.6. The predicted molar refractivity (Wildman–Crippen MR) is 105 cm³/mol. The number of hydrogen-bond donors (Lipinski definition) is 0. The number of thiophene rings is 2. The standard InChI is InChI=1S/C17H12Br2F6S2/c1-5-9(7(3)26-13(5)18)11-12(10-6(2)14(19)27-8(10)4)16(22,23)17(24,25)15(11,20)21/h1-4H3. The lowest BCUT2D eigenvalue weighted by Crippen LogP contribution is -2.49. The fourth-order valence-corrected chi connectivity index (χ4v) is 6.98. The van der Waals surface area contributed by atoms with Gasteiger partial charge in [0, 0.05) is 32.0 Å². The van der Waals surface area contributed by atoms with Gasteiger partial charge in [-0.05, 0) is 70.7 Å². The second kappa shape index (κ2) is 6.34. The first-order chi connectivity index (χ1) is 12.2. The van der Waals surface area contributed by atoms with Crippen molar-refractivity contribution in [1.82, 2.24) is 0 Å². The Hall–Kier alpha value is -0.320. The average molecular weight is 554 g/mol. The van der Waals surface area contributed by atoms with Gasteiger partial charge in [-0.25, -0.2) is 0 Å². The predicted octanol–water partition coefficient (Wildman–Crippen LogP) is 8.40. The molecule has 0 aromatic carbocycles. The van der Waals surface area contributed by atoms with Gasteiger partial charge in [0.05, 0.1) is 7.57 Å². The highest BCUT2D eigenvalue weighted by Crippen LogP contribution is 2.66. The third-order valence-electron chi connectivity index (χ3n) is 4.70.